The lowest BCUT2D eigenvalue weighted by Gasteiger charge is -2.05. The van der Waals surface area contributed by atoms with Crippen LogP contribution >= 0.6 is 0 Å². The Morgan fingerprint density at radius 2 is 1.78 bits per heavy atom. The van der Waals surface area contributed by atoms with Gasteiger partial charge in [0.2, 0.25) is 0 Å². The summed E-state index contributed by atoms with van der Waals surface area (Å²) in [7, 11) is 0. The molecule has 0 fully saturated rings. The summed E-state index contributed by atoms with van der Waals surface area (Å²) in [6.45, 7) is 4.23. The highest BCUT2D eigenvalue weighted by molar-refractivity contribution is 5.30. The Morgan fingerprint density at radius 3 is 2.39 bits per heavy atom. The van der Waals surface area contributed by atoms with E-state index in [1.54, 1.807) is 6.07 Å². The Morgan fingerprint density at radius 1 is 1.06 bits per heavy atom. The first kappa shape index (κ1) is 14.8. The minimum atomic E-state index is -0.363. The van der Waals surface area contributed by atoms with Gasteiger partial charge in [0.1, 0.15) is 11.5 Å². The third kappa shape index (κ3) is 4.55. The van der Waals surface area contributed by atoms with Crippen LogP contribution in [0.15, 0.2) is 15.3 Å². The van der Waals surface area contributed by atoms with Crippen LogP contribution in [0, 0.1) is 0 Å². The van der Waals surface area contributed by atoms with Crippen LogP contribution in [-0.2, 0) is 12.8 Å². The lowest BCUT2D eigenvalue weighted by molar-refractivity contribution is 0.407. The molecule has 102 valence electrons. The quantitative estimate of drug-likeness (QED) is 0.716. The van der Waals surface area contributed by atoms with Gasteiger partial charge in [0.05, 0.1) is 5.56 Å². The molecule has 0 saturated carbocycles. The van der Waals surface area contributed by atoms with Gasteiger partial charge in [0.25, 0.3) is 0 Å². The molecule has 0 spiro atoms. The zero-order valence-electron chi connectivity index (χ0n) is 11.5. The van der Waals surface area contributed by atoms with Crippen molar-refractivity contribution in [3.05, 3.63) is 27.8 Å². The highest BCUT2D eigenvalue weighted by Gasteiger charge is 2.10. The predicted molar refractivity (Wildman–Crippen MR) is 73.1 cm³/mol. The van der Waals surface area contributed by atoms with Crippen LogP contribution in [0.5, 0.6) is 5.75 Å². The molecule has 0 amide bonds. The Bertz CT molecular complexity index is 407. The second-order valence-corrected chi connectivity index (χ2v) is 4.78. The standard InChI is InChI=1S/C15H24O3/c1-3-5-7-8-10-13-14(16)11-12(9-6-4-2)18-15(13)17/h11,16H,3-10H2,1-2H3. The number of hydrogen-bond acceptors (Lipinski definition) is 3. The number of unbranched alkanes of at least 4 members (excludes halogenated alkanes) is 4. The minimum absolute atomic E-state index is 0.105. The molecule has 0 atom stereocenters. The zero-order chi connectivity index (χ0) is 13.4. The summed E-state index contributed by atoms with van der Waals surface area (Å²) >= 11 is 0. The van der Waals surface area contributed by atoms with Gasteiger partial charge in [-0.1, -0.05) is 39.5 Å². The molecule has 0 radical (unpaired) electrons. The first-order valence-corrected chi connectivity index (χ1v) is 7.03. The number of aromatic hydroxyl groups is 1. The fraction of sp³-hybridized carbons (Fsp3) is 0.667. The summed E-state index contributed by atoms with van der Waals surface area (Å²) < 4.78 is 5.23. The van der Waals surface area contributed by atoms with Crippen LogP contribution in [0.1, 0.15) is 63.7 Å². The van der Waals surface area contributed by atoms with E-state index in [-0.39, 0.29) is 11.4 Å². The summed E-state index contributed by atoms with van der Waals surface area (Å²) in [4.78, 5) is 11.8. The molecule has 0 aliphatic heterocycles. The van der Waals surface area contributed by atoms with Crippen molar-refractivity contribution in [2.45, 2.75) is 65.2 Å². The fourth-order valence-electron chi connectivity index (χ4n) is 1.99. The van der Waals surface area contributed by atoms with Gasteiger partial charge in [-0.05, 0) is 19.3 Å². The van der Waals surface area contributed by atoms with Gasteiger partial charge in [0.15, 0.2) is 0 Å². The summed E-state index contributed by atoms with van der Waals surface area (Å²) in [6.07, 6.45) is 7.70. The van der Waals surface area contributed by atoms with Gasteiger partial charge < -0.3 is 9.52 Å². The van der Waals surface area contributed by atoms with Gasteiger partial charge in [-0.3, -0.25) is 0 Å². The molecule has 1 aromatic heterocycles. The van der Waals surface area contributed by atoms with E-state index in [4.69, 9.17) is 4.42 Å². The summed E-state index contributed by atoms with van der Waals surface area (Å²) in [6, 6.07) is 1.60. The highest BCUT2D eigenvalue weighted by Crippen LogP contribution is 2.18. The largest absolute Gasteiger partial charge is 0.507 e. The number of rotatable bonds is 8. The normalized spacial score (nSPS) is 10.8. The van der Waals surface area contributed by atoms with Crippen molar-refractivity contribution >= 4 is 0 Å². The Hall–Kier alpha value is -1.25. The molecular formula is C15H24O3. The molecule has 0 aromatic carbocycles. The third-order valence-corrected chi connectivity index (χ3v) is 3.13. The van der Waals surface area contributed by atoms with Crippen LogP contribution < -0.4 is 5.63 Å². The highest BCUT2D eigenvalue weighted by atomic mass is 16.4. The summed E-state index contributed by atoms with van der Waals surface area (Å²) in [5, 5.41) is 9.87. The number of aryl methyl sites for hydroxylation is 1. The Labute approximate surface area is 109 Å². The average molecular weight is 252 g/mol. The van der Waals surface area contributed by atoms with E-state index in [0.717, 1.165) is 38.5 Å². The third-order valence-electron chi connectivity index (χ3n) is 3.13. The molecule has 0 unspecified atom stereocenters. The molecule has 1 rings (SSSR count). The van der Waals surface area contributed by atoms with Gasteiger partial charge in [-0.2, -0.15) is 0 Å². The van der Waals surface area contributed by atoms with Gasteiger partial charge in [-0.15, -0.1) is 0 Å². The van der Waals surface area contributed by atoms with Crippen LogP contribution in [0.3, 0.4) is 0 Å². The maximum atomic E-state index is 11.8. The smallest absolute Gasteiger partial charge is 0.342 e. The molecular weight excluding hydrogens is 228 g/mol. The second-order valence-electron chi connectivity index (χ2n) is 4.78. The van der Waals surface area contributed by atoms with E-state index >= 15 is 0 Å². The van der Waals surface area contributed by atoms with Gasteiger partial charge in [-0.25, -0.2) is 4.79 Å². The first-order chi connectivity index (χ1) is 8.69. The molecule has 1 aromatic rings. The van der Waals surface area contributed by atoms with Crippen LogP contribution in [-0.4, -0.2) is 5.11 Å². The zero-order valence-corrected chi connectivity index (χ0v) is 11.5. The molecule has 0 aliphatic carbocycles. The van der Waals surface area contributed by atoms with Crippen molar-refractivity contribution in [2.24, 2.45) is 0 Å². The van der Waals surface area contributed by atoms with Crippen molar-refractivity contribution < 1.29 is 9.52 Å². The Kier molecular flexibility index (Phi) is 6.55. The molecule has 18 heavy (non-hydrogen) atoms. The molecule has 3 nitrogen and oxygen atoms in total. The van der Waals surface area contributed by atoms with Crippen LogP contribution in [0.2, 0.25) is 0 Å². The van der Waals surface area contributed by atoms with E-state index in [9.17, 15) is 9.90 Å². The topological polar surface area (TPSA) is 50.4 Å². The van der Waals surface area contributed by atoms with Crippen molar-refractivity contribution in [3.8, 4) is 5.75 Å². The van der Waals surface area contributed by atoms with E-state index in [1.807, 2.05) is 0 Å². The lowest BCUT2D eigenvalue weighted by atomic mass is 10.1. The second kappa shape index (κ2) is 7.96. The van der Waals surface area contributed by atoms with Gasteiger partial charge >= 0.3 is 5.63 Å². The maximum Gasteiger partial charge on any atom is 0.342 e. The van der Waals surface area contributed by atoms with Crippen molar-refractivity contribution in [2.75, 3.05) is 0 Å². The SMILES string of the molecule is CCCCCCc1c(O)cc(CCCC)oc1=O. The Balaban J connectivity index is 2.66. The maximum absolute atomic E-state index is 11.8. The van der Waals surface area contributed by atoms with E-state index in [0.29, 0.717) is 17.7 Å². The van der Waals surface area contributed by atoms with Gasteiger partial charge in [0, 0.05) is 12.5 Å². The summed E-state index contributed by atoms with van der Waals surface area (Å²) in [5.41, 5.74) is 0.0731. The van der Waals surface area contributed by atoms with Crippen molar-refractivity contribution in [1.29, 1.82) is 0 Å². The monoisotopic (exact) mass is 252 g/mol. The lowest BCUT2D eigenvalue weighted by Crippen LogP contribution is -2.09. The minimum Gasteiger partial charge on any atom is -0.507 e. The fourth-order valence-corrected chi connectivity index (χ4v) is 1.99. The molecule has 3 heteroatoms. The van der Waals surface area contributed by atoms with Crippen LogP contribution in [0.25, 0.3) is 0 Å². The van der Waals surface area contributed by atoms with Crippen molar-refractivity contribution in [3.63, 3.8) is 0 Å². The van der Waals surface area contributed by atoms with E-state index in [1.165, 1.54) is 6.42 Å². The predicted octanol–water partition coefficient (Wildman–Crippen LogP) is 3.81. The summed E-state index contributed by atoms with van der Waals surface area (Å²) in [5.74, 6) is 0.700. The van der Waals surface area contributed by atoms with E-state index in [2.05, 4.69) is 13.8 Å². The first-order valence-electron chi connectivity index (χ1n) is 7.03. The van der Waals surface area contributed by atoms with Crippen molar-refractivity contribution in [1.82, 2.24) is 0 Å². The van der Waals surface area contributed by atoms with E-state index < -0.39 is 0 Å². The molecule has 0 aliphatic rings. The molecule has 0 saturated heterocycles. The molecule has 1 N–H and O–H groups in total. The molecule has 1 heterocycles. The average Bonchev–Trinajstić information content (AvgIpc) is 2.34. The molecule has 0 bridgehead atoms. The van der Waals surface area contributed by atoms with Crippen LogP contribution in [0.4, 0.5) is 0 Å². The number of hydrogen-bond donors (Lipinski definition) is 1.